The first kappa shape index (κ1) is 15.2. The van der Waals surface area contributed by atoms with E-state index >= 15 is 0 Å². The molecule has 6 heteroatoms. The fraction of sp³-hybridized carbons (Fsp3) is 0.429. The highest BCUT2D eigenvalue weighted by molar-refractivity contribution is 14.1. The summed E-state index contributed by atoms with van der Waals surface area (Å²) in [5, 5.41) is 13.6. The number of carboxylic acids is 1. The van der Waals surface area contributed by atoms with E-state index in [1.54, 1.807) is 12.1 Å². The van der Waals surface area contributed by atoms with Crippen molar-refractivity contribution < 1.29 is 19.4 Å². The minimum absolute atomic E-state index is 0.319. The van der Waals surface area contributed by atoms with Gasteiger partial charge in [-0.3, -0.25) is 4.79 Å². The Labute approximate surface area is 130 Å². The Morgan fingerprint density at radius 3 is 2.65 bits per heavy atom. The van der Waals surface area contributed by atoms with E-state index in [4.69, 9.17) is 4.74 Å². The number of ether oxygens (including phenoxy) is 1. The second-order valence-electron chi connectivity index (χ2n) is 4.73. The van der Waals surface area contributed by atoms with Crippen molar-refractivity contribution >= 4 is 40.2 Å². The third kappa shape index (κ3) is 4.17. The number of aliphatic carboxylic acids is 1. The SMILES string of the molecule is O=C([O-])C[C@@H](C(=O)Nc1ccc(I)cc1)[C@H]1CCCO1. The highest BCUT2D eigenvalue weighted by Gasteiger charge is 2.31. The van der Waals surface area contributed by atoms with Gasteiger partial charge in [-0.2, -0.15) is 0 Å². The maximum atomic E-state index is 12.2. The van der Waals surface area contributed by atoms with Gasteiger partial charge in [-0.05, 0) is 59.7 Å². The van der Waals surface area contributed by atoms with E-state index in [1.165, 1.54) is 0 Å². The molecule has 1 aliphatic rings. The predicted molar refractivity (Wildman–Crippen MR) is 79.9 cm³/mol. The van der Waals surface area contributed by atoms with Crippen LogP contribution in [0.2, 0.25) is 0 Å². The van der Waals surface area contributed by atoms with E-state index in [1.807, 2.05) is 12.1 Å². The molecule has 0 saturated carbocycles. The number of amides is 1. The average Bonchev–Trinajstić information content (AvgIpc) is 2.92. The Morgan fingerprint density at radius 1 is 1.40 bits per heavy atom. The van der Waals surface area contributed by atoms with Gasteiger partial charge in [0.1, 0.15) is 0 Å². The third-order valence-electron chi connectivity index (χ3n) is 3.25. The lowest BCUT2D eigenvalue weighted by Crippen LogP contribution is -2.38. The number of rotatable bonds is 5. The Morgan fingerprint density at radius 2 is 2.10 bits per heavy atom. The lowest BCUT2D eigenvalue weighted by molar-refractivity contribution is -0.307. The molecule has 1 saturated heterocycles. The first-order chi connectivity index (χ1) is 9.56. The van der Waals surface area contributed by atoms with Gasteiger partial charge in [0, 0.05) is 28.3 Å². The molecule has 2 atom stereocenters. The molecule has 108 valence electrons. The second-order valence-corrected chi connectivity index (χ2v) is 5.98. The zero-order chi connectivity index (χ0) is 14.5. The smallest absolute Gasteiger partial charge is 0.230 e. The fourth-order valence-corrected chi connectivity index (χ4v) is 2.62. The lowest BCUT2D eigenvalue weighted by Gasteiger charge is -2.22. The summed E-state index contributed by atoms with van der Waals surface area (Å²) in [5.74, 6) is -2.27. The Kier molecular flexibility index (Phi) is 5.36. The molecule has 0 aromatic heterocycles. The number of hydrogen-bond donors (Lipinski definition) is 1. The molecule has 1 amide bonds. The van der Waals surface area contributed by atoms with Crippen LogP contribution in [0.5, 0.6) is 0 Å². The van der Waals surface area contributed by atoms with Crippen molar-refractivity contribution in [3.05, 3.63) is 27.8 Å². The van der Waals surface area contributed by atoms with Gasteiger partial charge in [0.05, 0.1) is 12.0 Å². The number of carbonyl (C=O) groups excluding carboxylic acids is 2. The van der Waals surface area contributed by atoms with E-state index in [0.717, 1.165) is 9.99 Å². The summed E-state index contributed by atoms with van der Waals surface area (Å²) in [6.07, 6.45) is 0.904. The summed E-state index contributed by atoms with van der Waals surface area (Å²) in [7, 11) is 0. The van der Waals surface area contributed by atoms with Crippen molar-refractivity contribution in [2.75, 3.05) is 11.9 Å². The Balaban J connectivity index is 2.05. The number of anilines is 1. The van der Waals surface area contributed by atoms with E-state index in [0.29, 0.717) is 18.7 Å². The first-order valence-corrected chi connectivity index (χ1v) is 7.52. The molecule has 0 unspecified atom stereocenters. The van der Waals surface area contributed by atoms with Crippen molar-refractivity contribution in [2.45, 2.75) is 25.4 Å². The average molecular weight is 388 g/mol. The summed E-state index contributed by atoms with van der Waals surface area (Å²) < 4.78 is 6.50. The van der Waals surface area contributed by atoms with Crippen molar-refractivity contribution in [1.29, 1.82) is 0 Å². The molecule has 20 heavy (non-hydrogen) atoms. The first-order valence-electron chi connectivity index (χ1n) is 6.44. The van der Waals surface area contributed by atoms with Crippen LogP contribution in [0.15, 0.2) is 24.3 Å². The van der Waals surface area contributed by atoms with Crippen molar-refractivity contribution in [3.63, 3.8) is 0 Å². The van der Waals surface area contributed by atoms with Gasteiger partial charge in [0.25, 0.3) is 0 Å². The van der Waals surface area contributed by atoms with Gasteiger partial charge in [0.2, 0.25) is 5.91 Å². The molecular weight excluding hydrogens is 373 g/mol. The maximum Gasteiger partial charge on any atom is 0.230 e. The molecule has 0 radical (unpaired) electrons. The van der Waals surface area contributed by atoms with Gasteiger partial charge in [-0.1, -0.05) is 0 Å². The normalized spacial score (nSPS) is 19.6. The standard InChI is InChI=1S/C14H16INO4/c15-9-3-5-10(6-4-9)16-14(19)11(8-13(17)18)12-2-1-7-20-12/h3-6,11-12H,1-2,7-8H2,(H,16,19)(H,17,18)/p-1/t11-,12-/m1/s1. The molecule has 0 bridgehead atoms. The monoisotopic (exact) mass is 388 g/mol. The van der Waals surface area contributed by atoms with Crippen LogP contribution >= 0.6 is 22.6 Å². The van der Waals surface area contributed by atoms with E-state index in [9.17, 15) is 14.7 Å². The molecule has 0 aliphatic carbocycles. The fourth-order valence-electron chi connectivity index (χ4n) is 2.26. The summed E-state index contributed by atoms with van der Waals surface area (Å²) in [6, 6.07) is 7.31. The molecule has 1 N–H and O–H groups in total. The summed E-state index contributed by atoms with van der Waals surface area (Å²) in [5.41, 5.74) is 0.650. The minimum Gasteiger partial charge on any atom is -0.550 e. The van der Waals surface area contributed by atoms with Crippen molar-refractivity contribution in [3.8, 4) is 0 Å². The maximum absolute atomic E-state index is 12.2. The quantitative estimate of drug-likeness (QED) is 0.769. The van der Waals surface area contributed by atoms with Crippen molar-refractivity contribution in [2.24, 2.45) is 5.92 Å². The highest BCUT2D eigenvalue weighted by Crippen LogP contribution is 2.24. The number of carbonyl (C=O) groups is 2. The van der Waals surface area contributed by atoms with Crippen LogP contribution in [0.4, 0.5) is 5.69 Å². The number of nitrogens with one attached hydrogen (secondary N) is 1. The van der Waals surface area contributed by atoms with Gasteiger partial charge in [-0.25, -0.2) is 0 Å². The predicted octanol–water partition coefficient (Wildman–Crippen LogP) is 1.16. The summed E-state index contributed by atoms with van der Waals surface area (Å²) in [4.78, 5) is 23.1. The zero-order valence-corrected chi connectivity index (χ0v) is 13.0. The van der Waals surface area contributed by atoms with Crippen LogP contribution < -0.4 is 10.4 Å². The summed E-state index contributed by atoms with van der Waals surface area (Å²) >= 11 is 2.17. The van der Waals surface area contributed by atoms with E-state index < -0.39 is 11.9 Å². The second kappa shape index (κ2) is 7.03. The van der Waals surface area contributed by atoms with Gasteiger partial charge >= 0.3 is 0 Å². The molecule has 2 rings (SSSR count). The Bertz CT molecular complexity index is 482. The molecule has 0 spiro atoms. The van der Waals surface area contributed by atoms with Crippen LogP contribution in [-0.4, -0.2) is 24.6 Å². The largest absolute Gasteiger partial charge is 0.550 e. The molecule has 1 aliphatic heterocycles. The zero-order valence-electron chi connectivity index (χ0n) is 10.8. The van der Waals surface area contributed by atoms with Crippen LogP contribution in [0.1, 0.15) is 19.3 Å². The highest BCUT2D eigenvalue weighted by atomic mass is 127. The van der Waals surface area contributed by atoms with Gasteiger partial charge in [0.15, 0.2) is 0 Å². The van der Waals surface area contributed by atoms with Gasteiger partial charge < -0.3 is 20.0 Å². The van der Waals surface area contributed by atoms with Gasteiger partial charge in [-0.15, -0.1) is 0 Å². The third-order valence-corrected chi connectivity index (χ3v) is 3.97. The molecule has 1 fully saturated rings. The number of halogens is 1. The number of benzene rings is 1. The Hall–Kier alpha value is -1.15. The van der Waals surface area contributed by atoms with E-state index in [-0.39, 0.29) is 18.4 Å². The van der Waals surface area contributed by atoms with Crippen molar-refractivity contribution in [1.82, 2.24) is 0 Å². The molecule has 1 heterocycles. The van der Waals surface area contributed by atoms with Crippen LogP contribution in [0.3, 0.4) is 0 Å². The van der Waals surface area contributed by atoms with Crippen LogP contribution in [0.25, 0.3) is 0 Å². The van der Waals surface area contributed by atoms with Crippen LogP contribution in [-0.2, 0) is 14.3 Å². The lowest BCUT2D eigenvalue weighted by atomic mass is 9.95. The number of carboxylic acid groups (broad SMARTS) is 1. The topological polar surface area (TPSA) is 78.5 Å². The van der Waals surface area contributed by atoms with Crippen LogP contribution in [0, 0.1) is 9.49 Å². The molecular formula is C14H15INO4-. The summed E-state index contributed by atoms with van der Waals surface area (Å²) in [6.45, 7) is 0.574. The molecule has 5 nitrogen and oxygen atoms in total. The molecule has 1 aromatic rings. The minimum atomic E-state index is -1.23. The number of hydrogen-bond acceptors (Lipinski definition) is 4. The molecule has 1 aromatic carbocycles. The van der Waals surface area contributed by atoms with E-state index in [2.05, 4.69) is 27.9 Å².